The van der Waals surface area contributed by atoms with Crippen LogP contribution in [0.1, 0.15) is 25.7 Å². The SMILES string of the molecule is CS(=O)(=O)N1[C@@H]2CC[C@H]1CC(N)C2.Cl. The average molecular weight is 241 g/mol. The highest BCUT2D eigenvalue weighted by molar-refractivity contribution is 7.88. The Morgan fingerprint density at radius 1 is 1.21 bits per heavy atom. The van der Waals surface area contributed by atoms with Gasteiger partial charge in [0.25, 0.3) is 0 Å². The van der Waals surface area contributed by atoms with Gasteiger partial charge in [0.15, 0.2) is 0 Å². The summed E-state index contributed by atoms with van der Waals surface area (Å²) in [6, 6.07) is 0.572. The molecule has 2 rings (SSSR count). The monoisotopic (exact) mass is 240 g/mol. The lowest BCUT2D eigenvalue weighted by molar-refractivity contribution is 0.228. The normalized spacial score (nSPS) is 38.0. The van der Waals surface area contributed by atoms with Crippen LogP contribution in [0.25, 0.3) is 0 Å². The van der Waals surface area contributed by atoms with E-state index in [1.807, 2.05) is 0 Å². The molecule has 84 valence electrons. The minimum atomic E-state index is -3.01. The van der Waals surface area contributed by atoms with Crippen molar-refractivity contribution >= 4 is 22.4 Å². The van der Waals surface area contributed by atoms with E-state index in [1.165, 1.54) is 6.26 Å². The lowest BCUT2D eigenvalue weighted by atomic mass is 10.0. The number of nitrogens with zero attached hydrogens (tertiary/aromatic N) is 1. The van der Waals surface area contributed by atoms with E-state index in [9.17, 15) is 8.42 Å². The van der Waals surface area contributed by atoms with Gasteiger partial charge in [-0.2, -0.15) is 4.31 Å². The molecular weight excluding hydrogens is 224 g/mol. The van der Waals surface area contributed by atoms with Gasteiger partial charge >= 0.3 is 0 Å². The van der Waals surface area contributed by atoms with Gasteiger partial charge in [0.2, 0.25) is 10.0 Å². The molecule has 14 heavy (non-hydrogen) atoms. The Balaban J connectivity index is 0.000000980. The van der Waals surface area contributed by atoms with E-state index in [2.05, 4.69) is 0 Å². The van der Waals surface area contributed by atoms with Crippen LogP contribution in [-0.4, -0.2) is 37.1 Å². The lowest BCUT2D eigenvalue weighted by Gasteiger charge is -2.35. The van der Waals surface area contributed by atoms with Crippen LogP contribution in [0.3, 0.4) is 0 Å². The molecule has 0 aromatic heterocycles. The van der Waals surface area contributed by atoms with Crippen molar-refractivity contribution < 1.29 is 8.42 Å². The second-order valence-electron chi connectivity index (χ2n) is 4.21. The number of sulfonamides is 1. The van der Waals surface area contributed by atoms with Crippen LogP contribution >= 0.6 is 12.4 Å². The fraction of sp³-hybridized carbons (Fsp3) is 1.00. The van der Waals surface area contributed by atoms with Crippen LogP contribution in [0.4, 0.5) is 0 Å². The zero-order valence-electron chi connectivity index (χ0n) is 8.22. The van der Waals surface area contributed by atoms with Crippen molar-refractivity contribution in [1.82, 2.24) is 4.31 Å². The number of nitrogens with two attached hydrogens (primary N) is 1. The van der Waals surface area contributed by atoms with Crippen LogP contribution in [0, 0.1) is 0 Å². The number of halogens is 1. The summed E-state index contributed by atoms with van der Waals surface area (Å²) in [6.45, 7) is 0. The van der Waals surface area contributed by atoms with Gasteiger partial charge in [0.05, 0.1) is 6.26 Å². The topological polar surface area (TPSA) is 63.4 Å². The summed E-state index contributed by atoms with van der Waals surface area (Å²) in [4.78, 5) is 0. The molecular formula is C8H17ClN2O2S. The zero-order chi connectivity index (χ0) is 9.64. The summed E-state index contributed by atoms with van der Waals surface area (Å²) in [5.41, 5.74) is 5.84. The number of piperidine rings is 1. The van der Waals surface area contributed by atoms with Crippen molar-refractivity contribution in [2.24, 2.45) is 5.73 Å². The highest BCUT2D eigenvalue weighted by Gasteiger charge is 2.44. The van der Waals surface area contributed by atoms with Crippen molar-refractivity contribution in [2.75, 3.05) is 6.26 Å². The number of hydrogen-bond donors (Lipinski definition) is 1. The lowest BCUT2D eigenvalue weighted by Crippen LogP contribution is -2.49. The second kappa shape index (κ2) is 3.96. The van der Waals surface area contributed by atoms with Crippen molar-refractivity contribution in [3.63, 3.8) is 0 Å². The molecule has 2 N–H and O–H groups in total. The highest BCUT2D eigenvalue weighted by atomic mass is 35.5. The smallest absolute Gasteiger partial charge is 0.211 e. The minimum absolute atomic E-state index is 0. The fourth-order valence-electron chi connectivity index (χ4n) is 2.72. The summed E-state index contributed by atoms with van der Waals surface area (Å²) >= 11 is 0. The summed E-state index contributed by atoms with van der Waals surface area (Å²) in [7, 11) is -3.01. The van der Waals surface area contributed by atoms with Crippen molar-refractivity contribution in [2.45, 2.75) is 43.8 Å². The molecule has 0 radical (unpaired) electrons. The Bertz CT molecular complexity index is 292. The molecule has 0 spiro atoms. The first-order valence-corrected chi connectivity index (χ1v) is 6.57. The van der Waals surface area contributed by atoms with E-state index in [4.69, 9.17) is 5.73 Å². The van der Waals surface area contributed by atoms with Gasteiger partial charge in [0.1, 0.15) is 0 Å². The third kappa shape index (κ3) is 2.05. The molecule has 0 aromatic carbocycles. The summed E-state index contributed by atoms with van der Waals surface area (Å²) in [5.74, 6) is 0. The van der Waals surface area contributed by atoms with Crippen molar-refractivity contribution in [3.05, 3.63) is 0 Å². The van der Waals surface area contributed by atoms with Gasteiger partial charge in [-0.3, -0.25) is 0 Å². The molecule has 1 unspecified atom stereocenters. The maximum atomic E-state index is 11.4. The summed E-state index contributed by atoms with van der Waals surface area (Å²) < 4.78 is 24.6. The molecule has 0 amide bonds. The Labute approximate surface area is 91.3 Å². The Morgan fingerprint density at radius 3 is 2.00 bits per heavy atom. The Hall–Kier alpha value is 0.160. The van der Waals surface area contributed by atoms with Crippen molar-refractivity contribution in [1.29, 1.82) is 0 Å². The zero-order valence-corrected chi connectivity index (χ0v) is 9.85. The van der Waals surface area contributed by atoms with Crippen LogP contribution in [-0.2, 0) is 10.0 Å². The van der Waals surface area contributed by atoms with E-state index < -0.39 is 10.0 Å². The average Bonchev–Trinajstić information content (AvgIpc) is 2.23. The van der Waals surface area contributed by atoms with Gasteiger partial charge in [-0.25, -0.2) is 8.42 Å². The number of rotatable bonds is 1. The number of hydrogen-bond acceptors (Lipinski definition) is 3. The molecule has 3 atom stereocenters. The van der Waals surface area contributed by atoms with Crippen LogP contribution in [0.15, 0.2) is 0 Å². The largest absolute Gasteiger partial charge is 0.328 e. The summed E-state index contributed by atoms with van der Waals surface area (Å²) in [5, 5.41) is 0. The van der Waals surface area contributed by atoms with Gasteiger partial charge in [-0.1, -0.05) is 0 Å². The molecule has 4 nitrogen and oxygen atoms in total. The third-order valence-electron chi connectivity index (χ3n) is 3.09. The Morgan fingerprint density at radius 2 is 1.64 bits per heavy atom. The molecule has 2 heterocycles. The van der Waals surface area contributed by atoms with Crippen LogP contribution in [0.5, 0.6) is 0 Å². The van der Waals surface area contributed by atoms with Gasteiger partial charge < -0.3 is 5.73 Å². The molecule has 2 bridgehead atoms. The van der Waals surface area contributed by atoms with Gasteiger partial charge in [-0.05, 0) is 25.7 Å². The predicted octanol–water partition coefficient (Wildman–Crippen LogP) is 0.322. The number of fused-ring (bicyclic) bond motifs is 2. The highest BCUT2D eigenvalue weighted by Crippen LogP contribution is 2.36. The van der Waals surface area contributed by atoms with E-state index in [0.29, 0.717) is 0 Å². The first kappa shape index (κ1) is 12.2. The molecule has 0 aliphatic carbocycles. The molecule has 0 saturated carbocycles. The van der Waals surface area contributed by atoms with E-state index >= 15 is 0 Å². The molecule has 2 fully saturated rings. The first-order chi connectivity index (χ1) is 5.98. The quantitative estimate of drug-likeness (QED) is 0.718. The Kier molecular flexibility index (Phi) is 3.46. The minimum Gasteiger partial charge on any atom is -0.328 e. The van der Waals surface area contributed by atoms with Gasteiger partial charge in [-0.15, -0.1) is 12.4 Å². The maximum Gasteiger partial charge on any atom is 0.211 e. The first-order valence-electron chi connectivity index (χ1n) is 4.72. The molecule has 2 aliphatic heterocycles. The maximum absolute atomic E-state index is 11.4. The fourth-order valence-corrected chi connectivity index (χ4v) is 4.18. The standard InChI is InChI=1S/C8H16N2O2S.ClH/c1-13(11,12)10-7-2-3-8(10)5-6(9)4-7;/h6-8H,2-5,9H2,1H3;1H/t6?,7-,8+;. The van der Waals surface area contributed by atoms with Crippen LogP contribution in [0.2, 0.25) is 0 Å². The van der Waals surface area contributed by atoms with E-state index in [1.54, 1.807) is 4.31 Å². The van der Waals surface area contributed by atoms with Crippen LogP contribution < -0.4 is 5.73 Å². The molecule has 2 saturated heterocycles. The molecule has 2 aliphatic rings. The van der Waals surface area contributed by atoms with E-state index in [0.717, 1.165) is 25.7 Å². The second-order valence-corrected chi connectivity index (χ2v) is 6.10. The summed E-state index contributed by atoms with van der Waals surface area (Å²) in [6.07, 6.45) is 4.96. The third-order valence-corrected chi connectivity index (χ3v) is 4.45. The molecule has 6 heteroatoms. The predicted molar refractivity (Wildman–Crippen MR) is 58.0 cm³/mol. The van der Waals surface area contributed by atoms with Gasteiger partial charge in [0, 0.05) is 18.1 Å². The van der Waals surface area contributed by atoms with Crippen molar-refractivity contribution in [3.8, 4) is 0 Å². The molecule has 0 aromatic rings. The van der Waals surface area contributed by atoms with E-state index in [-0.39, 0.29) is 30.5 Å².